The van der Waals surface area contributed by atoms with E-state index in [4.69, 9.17) is 4.74 Å². The van der Waals surface area contributed by atoms with Crippen LogP contribution in [0.1, 0.15) is 29.3 Å². The van der Waals surface area contributed by atoms with E-state index in [1.807, 2.05) is 11.3 Å². The van der Waals surface area contributed by atoms with Gasteiger partial charge in [0.15, 0.2) is 0 Å². The zero-order valence-electron chi connectivity index (χ0n) is 10.9. The van der Waals surface area contributed by atoms with Crippen LogP contribution >= 0.6 is 11.3 Å². The fourth-order valence-corrected chi connectivity index (χ4v) is 3.36. The van der Waals surface area contributed by atoms with Crippen molar-refractivity contribution in [1.29, 1.82) is 0 Å². The maximum atomic E-state index is 5.58. The van der Waals surface area contributed by atoms with Gasteiger partial charge in [-0.2, -0.15) is 0 Å². The standard InChI is InChI=1S/C16H19NOS/c1-2-6-13(7-3-1)16(15-9-5-11-19-15)17-14-8-4-10-18-12-14/h1-3,5-7,9,11,14,16-17H,4,8,10,12H2. The van der Waals surface area contributed by atoms with E-state index in [2.05, 4.69) is 53.2 Å². The summed E-state index contributed by atoms with van der Waals surface area (Å²) in [6, 6.07) is 15.7. The molecule has 2 nitrogen and oxygen atoms in total. The van der Waals surface area contributed by atoms with Gasteiger partial charge in [-0.3, -0.25) is 0 Å². The smallest absolute Gasteiger partial charge is 0.0673 e. The maximum absolute atomic E-state index is 5.58. The van der Waals surface area contributed by atoms with Gasteiger partial charge < -0.3 is 10.1 Å². The number of thiophene rings is 1. The number of hydrogen-bond acceptors (Lipinski definition) is 3. The fraction of sp³-hybridized carbons (Fsp3) is 0.375. The van der Waals surface area contributed by atoms with Crippen LogP contribution in [-0.4, -0.2) is 19.3 Å². The van der Waals surface area contributed by atoms with Crippen molar-refractivity contribution in [2.45, 2.75) is 24.9 Å². The Morgan fingerprint density at radius 1 is 1.16 bits per heavy atom. The van der Waals surface area contributed by atoms with Crippen LogP contribution in [0.3, 0.4) is 0 Å². The molecule has 0 amide bonds. The summed E-state index contributed by atoms with van der Waals surface area (Å²) in [6.07, 6.45) is 2.36. The molecular formula is C16H19NOS. The van der Waals surface area contributed by atoms with Crippen molar-refractivity contribution in [1.82, 2.24) is 5.32 Å². The molecule has 2 aromatic rings. The highest BCUT2D eigenvalue weighted by Gasteiger charge is 2.21. The largest absolute Gasteiger partial charge is 0.380 e. The van der Waals surface area contributed by atoms with Crippen LogP contribution < -0.4 is 5.32 Å². The van der Waals surface area contributed by atoms with Crippen LogP contribution in [0.25, 0.3) is 0 Å². The first-order valence-corrected chi connectivity index (χ1v) is 7.73. The Bertz CT molecular complexity index is 477. The lowest BCUT2D eigenvalue weighted by atomic mass is 10.0. The van der Waals surface area contributed by atoms with E-state index in [-0.39, 0.29) is 6.04 Å². The topological polar surface area (TPSA) is 21.3 Å². The van der Waals surface area contributed by atoms with E-state index < -0.39 is 0 Å². The minimum atomic E-state index is 0.285. The summed E-state index contributed by atoms with van der Waals surface area (Å²) in [7, 11) is 0. The predicted octanol–water partition coefficient (Wildman–Crippen LogP) is 3.61. The Kier molecular flexibility index (Phi) is 4.28. The van der Waals surface area contributed by atoms with Gasteiger partial charge >= 0.3 is 0 Å². The lowest BCUT2D eigenvalue weighted by molar-refractivity contribution is 0.0680. The molecule has 0 spiro atoms. The van der Waals surface area contributed by atoms with Crippen LogP contribution in [0.5, 0.6) is 0 Å². The van der Waals surface area contributed by atoms with Crippen LogP contribution in [0.4, 0.5) is 0 Å². The van der Waals surface area contributed by atoms with Crippen molar-refractivity contribution in [3.63, 3.8) is 0 Å². The number of hydrogen-bond donors (Lipinski definition) is 1. The molecular weight excluding hydrogens is 254 g/mol. The second kappa shape index (κ2) is 6.33. The van der Waals surface area contributed by atoms with Crippen molar-refractivity contribution < 1.29 is 4.74 Å². The number of ether oxygens (including phenoxy) is 1. The quantitative estimate of drug-likeness (QED) is 0.919. The van der Waals surface area contributed by atoms with Crippen molar-refractivity contribution >= 4 is 11.3 Å². The van der Waals surface area contributed by atoms with Gasteiger partial charge in [0.2, 0.25) is 0 Å². The Labute approximate surface area is 118 Å². The molecule has 1 saturated heterocycles. The third kappa shape index (κ3) is 3.24. The van der Waals surface area contributed by atoms with E-state index >= 15 is 0 Å². The van der Waals surface area contributed by atoms with Crippen LogP contribution in [0.15, 0.2) is 47.8 Å². The fourth-order valence-electron chi connectivity index (χ4n) is 2.55. The van der Waals surface area contributed by atoms with Crippen molar-refractivity contribution in [2.75, 3.05) is 13.2 Å². The van der Waals surface area contributed by atoms with E-state index in [0.29, 0.717) is 6.04 Å². The van der Waals surface area contributed by atoms with Gasteiger partial charge in [-0.1, -0.05) is 36.4 Å². The molecule has 100 valence electrons. The van der Waals surface area contributed by atoms with Gasteiger partial charge in [-0.15, -0.1) is 11.3 Å². The molecule has 19 heavy (non-hydrogen) atoms. The summed E-state index contributed by atoms with van der Waals surface area (Å²) in [5.74, 6) is 0. The normalized spacial score (nSPS) is 21.2. The summed E-state index contributed by atoms with van der Waals surface area (Å²) in [5, 5.41) is 5.90. The minimum Gasteiger partial charge on any atom is -0.380 e. The Balaban J connectivity index is 1.80. The molecule has 2 heterocycles. The lowest BCUT2D eigenvalue weighted by Gasteiger charge is -2.28. The first-order valence-electron chi connectivity index (χ1n) is 6.85. The molecule has 1 aromatic carbocycles. The summed E-state index contributed by atoms with van der Waals surface area (Å²) in [4.78, 5) is 1.37. The van der Waals surface area contributed by atoms with E-state index in [9.17, 15) is 0 Å². The summed E-state index contributed by atoms with van der Waals surface area (Å²) in [5.41, 5.74) is 1.33. The third-order valence-corrected chi connectivity index (χ3v) is 4.46. The van der Waals surface area contributed by atoms with E-state index in [0.717, 1.165) is 19.6 Å². The first-order chi connectivity index (χ1) is 9.43. The average Bonchev–Trinajstić information content (AvgIpc) is 3.01. The summed E-state index contributed by atoms with van der Waals surface area (Å²) in [6.45, 7) is 1.74. The molecule has 3 heteroatoms. The van der Waals surface area contributed by atoms with Crippen molar-refractivity contribution in [3.05, 3.63) is 58.3 Å². The molecule has 1 N–H and O–H groups in total. The van der Waals surface area contributed by atoms with Crippen molar-refractivity contribution in [3.8, 4) is 0 Å². The molecule has 1 aromatic heterocycles. The maximum Gasteiger partial charge on any atom is 0.0673 e. The zero-order chi connectivity index (χ0) is 12.9. The summed E-state index contributed by atoms with van der Waals surface area (Å²) >= 11 is 1.81. The van der Waals surface area contributed by atoms with Crippen LogP contribution in [0, 0.1) is 0 Å². The van der Waals surface area contributed by atoms with Gasteiger partial charge in [0.25, 0.3) is 0 Å². The molecule has 1 aliphatic rings. The molecule has 0 aliphatic carbocycles. The van der Waals surface area contributed by atoms with Crippen LogP contribution in [0.2, 0.25) is 0 Å². The Morgan fingerprint density at radius 2 is 2.05 bits per heavy atom. The molecule has 0 bridgehead atoms. The lowest BCUT2D eigenvalue weighted by Crippen LogP contribution is -2.39. The molecule has 2 unspecified atom stereocenters. The SMILES string of the molecule is c1ccc(C(NC2CCCOC2)c2cccs2)cc1. The molecule has 3 rings (SSSR count). The summed E-state index contributed by atoms with van der Waals surface area (Å²) < 4.78 is 5.58. The highest BCUT2D eigenvalue weighted by atomic mass is 32.1. The van der Waals surface area contributed by atoms with Crippen molar-refractivity contribution in [2.24, 2.45) is 0 Å². The van der Waals surface area contributed by atoms with Gasteiger partial charge in [-0.05, 0) is 29.9 Å². The molecule has 1 fully saturated rings. The zero-order valence-corrected chi connectivity index (χ0v) is 11.7. The monoisotopic (exact) mass is 273 g/mol. The first kappa shape index (κ1) is 12.9. The number of rotatable bonds is 4. The van der Waals surface area contributed by atoms with E-state index in [1.165, 1.54) is 16.9 Å². The molecule has 2 atom stereocenters. The van der Waals surface area contributed by atoms with Gasteiger partial charge in [0.05, 0.1) is 12.6 Å². The Morgan fingerprint density at radius 3 is 2.74 bits per heavy atom. The second-order valence-electron chi connectivity index (χ2n) is 4.94. The second-order valence-corrected chi connectivity index (χ2v) is 5.92. The van der Waals surface area contributed by atoms with Gasteiger partial charge in [0, 0.05) is 17.5 Å². The Hall–Kier alpha value is -1.16. The molecule has 1 aliphatic heterocycles. The highest BCUT2D eigenvalue weighted by molar-refractivity contribution is 7.10. The number of benzene rings is 1. The minimum absolute atomic E-state index is 0.285. The van der Waals surface area contributed by atoms with Gasteiger partial charge in [-0.25, -0.2) is 0 Å². The highest BCUT2D eigenvalue weighted by Crippen LogP contribution is 2.27. The molecule has 0 saturated carbocycles. The van der Waals surface area contributed by atoms with Crippen LogP contribution in [-0.2, 0) is 4.74 Å². The van der Waals surface area contributed by atoms with Gasteiger partial charge in [0.1, 0.15) is 0 Å². The predicted molar refractivity (Wildman–Crippen MR) is 79.6 cm³/mol. The third-order valence-electron chi connectivity index (χ3n) is 3.52. The number of nitrogens with one attached hydrogen (secondary N) is 1. The molecule has 0 radical (unpaired) electrons. The van der Waals surface area contributed by atoms with E-state index in [1.54, 1.807) is 0 Å². The average molecular weight is 273 g/mol.